The minimum absolute atomic E-state index is 0.251. The third-order valence-electron chi connectivity index (χ3n) is 4.01. The fourth-order valence-corrected chi connectivity index (χ4v) is 2.64. The number of rotatable bonds is 0. The summed E-state index contributed by atoms with van der Waals surface area (Å²) in [4.78, 5) is 16.4. The lowest BCUT2D eigenvalue weighted by Crippen LogP contribution is -2.55. The highest BCUT2D eigenvalue weighted by Gasteiger charge is 2.31. The van der Waals surface area contributed by atoms with Gasteiger partial charge < -0.3 is 15.1 Å². The minimum Gasteiger partial charge on any atom is -0.322 e. The van der Waals surface area contributed by atoms with Gasteiger partial charge in [0.2, 0.25) is 0 Å². The Labute approximate surface area is 98.0 Å². The largest absolute Gasteiger partial charge is 0.322 e. The lowest BCUT2D eigenvalue weighted by molar-refractivity contribution is 0.0953. The monoisotopic (exact) mass is 225 g/mol. The summed E-state index contributed by atoms with van der Waals surface area (Å²) >= 11 is 0. The Hall–Kier alpha value is -0.770. The second-order valence-electron chi connectivity index (χ2n) is 5.07. The van der Waals surface area contributed by atoms with E-state index in [1.54, 1.807) is 0 Å². The summed E-state index contributed by atoms with van der Waals surface area (Å²) in [5.41, 5.74) is 0. The maximum absolute atomic E-state index is 12.3. The van der Waals surface area contributed by atoms with Crippen molar-refractivity contribution in [1.29, 1.82) is 0 Å². The molecule has 0 aromatic rings. The standard InChI is InChI=1S/C12H23N3O/c1-10-4-3-7-15(11(10)2)12(16)14-8-5-13-6-9-14/h10-11,13H,3-9H2,1-2H3. The van der Waals surface area contributed by atoms with E-state index in [0.717, 1.165) is 39.1 Å². The fraction of sp³-hybridized carbons (Fsp3) is 0.917. The number of urea groups is 1. The molecule has 2 saturated heterocycles. The molecule has 1 N–H and O–H groups in total. The lowest BCUT2D eigenvalue weighted by Gasteiger charge is -2.41. The number of piperazine rings is 1. The van der Waals surface area contributed by atoms with Gasteiger partial charge in [-0.1, -0.05) is 6.92 Å². The van der Waals surface area contributed by atoms with Crippen molar-refractivity contribution in [3.05, 3.63) is 0 Å². The van der Waals surface area contributed by atoms with Crippen molar-refractivity contribution in [1.82, 2.24) is 15.1 Å². The van der Waals surface area contributed by atoms with Gasteiger partial charge in [0, 0.05) is 38.8 Å². The normalized spacial score (nSPS) is 31.6. The van der Waals surface area contributed by atoms with Crippen molar-refractivity contribution >= 4 is 6.03 Å². The molecule has 2 aliphatic heterocycles. The van der Waals surface area contributed by atoms with Crippen molar-refractivity contribution in [2.24, 2.45) is 5.92 Å². The van der Waals surface area contributed by atoms with E-state index >= 15 is 0 Å². The first-order valence-electron chi connectivity index (χ1n) is 6.46. The highest BCUT2D eigenvalue weighted by Crippen LogP contribution is 2.23. The highest BCUT2D eigenvalue weighted by molar-refractivity contribution is 5.75. The topological polar surface area (TPSA) is 35.6 Å². The van der Waals surface area contributed by atoms with Crippen LogP contribution in [0.3, 0.4) is 0 Å². The van der Waals surface area contributed by atoms with Crippen molar-refractivity contribution < 1.29 is 4.79 Å². The smallest absolute Gasteiger partial charge is 0.320 e. The van der Waals surface area contributed by atoms with Crippen molar-refractivity contribution in [3.63, 3.8) is 0 Å². The Morgan fingerprint density at radius 3 is 2.56 bits per heavy atom. The summed E-state index contributed by atoms with van der Waals surface area (Å²) < 4.78 is 0. The summed E-state index contributed by atoms with van der Waals surface area (Å²) in [5.74, 6) is 0.639. The van der Waals surface area contributed by atoms with Crippen molar-refractivity contribution in [2.45, 2.75) is 32.7 Å². The molecular weight excluding hydrogens is 202 g/mol. The molecule has 4 nitrogen and oxygen atoms in total. The van der Waals surface area contributed by atoms with E-state index < -0.39 is 0 Å². The van der Waals surface area contributed by atoms with Gasteiger partial charge in [-0.05, 0) is 25.7 Å². The van der Waals surface area contributed by atoms with E-state index in [4.69, 9.17) is 0 Å². The van der Waals surface area contributed by atoms with Crippen LogP contribution in [0.1, 0.15) is 26.7 Å². The van der Waals surface area contributed by atoms with Crippen molar-refractivity contribution in [2.75, 3.05) is 32.7 Å². The number of carbonyl (C=O) groups is 1. The highest BCUT2D eigenvalue weighted by atomic mass is 16.2. The van der Waals surface area contributed by atoms with Crippen LogP contribution in [0, 0.1) is 5.92 Å². The SMILES string of the molecule is CC1CCCN(C(=O)N2CCNCC2)C1C. The molecule has 0 saturated carbocycles. The zero-order valence-corrected chi connectivity index (χ0v) is 10.4. The number of piperidine rings is 1. The summed E-state index contributed by atoms with van der Waals surface area (Å²) in [5, 5.41) is 3.28. The number of nitrogens with zero attached hydrogens (tertiary/aromatic N) is 2. The molecule has 2 fully saturated rings. The molecule has 0 bridgehead atoms. The van der Waals surface area contributed by atoms with Crippen molar-refractivity contribution in [3.8, 4) is 0 Å². The molecule has 2 aliphatic rings. The molecule has 2 unspecified atom stereocenters. The number of likely N-dealkylation sites (tertiary alicyclic amines) is 1. The second-order valence-corrected chi connectivity index (χ2v) is 5.07. The number of carbonyl (C=O) groups excluding carboxylic acids is 1. The van der Waals surface area contributed by atoms with Gasteiger partial charge in [-0.2, -0.15) is 0 Å². The van der Waals surface area contributed by atoms with E-state index in [0.29, 0.717) is 12.0 Å². The Kier molecular flexibility index (Phi) is 3.69. The first kappa shape index (κ1) is 11.7. The van der Waals surface area contributed by atoms with Crippen LogP contribution in [0.15, 0.2) is 0 Å². The fourth-order valence-electron chi connectivity index (χ4n) is 2.64. The van der Waals surface area contributed by atoms with Gasteiger partial charge in [0.1, 0.15) is 0 Å². The van der Waals surface area contributed by atoms with Gasteiger partial charge in [0.25, 0.3) is 0 Å². The molecule has 0 aliphatic carbocycles. The van der Waals surface area contributed by atoms with Crippen LogP contribution in [0.4, 0.5) is 4.79 Å². The molecule has 2 heterocycles. The Morgan fingerprint density at radius 2 is 1.88 bits per heavy atom. The summed E-state index contributed by atoms with van der Waals surface area (Å²) in [7, 11) is 0. The van der Waals surface area contributed by atoms with E-state index in [2.05, 4.69) is 24.1 Å². The molecule has 2 amide bonds. The second kappa shape index (κ2) is 5.04. The van der Waals surface area contributed by atoms with Crippen LogP contribution in [-0.4, -0.2) is 54.6 Å². The quantitative estimate of drug-likeness (QED) is 0.671. The zero-order valence-electron chi connectivity index (χ0n) is 10.4. The van der Waals surface area contributed by atoms with Crippen LogP contribution in [-0.2, 0) is 0 Å². The molecule has 16 heavy (non-hydrogen) atoms. The average Bonchev–Trinajstić information content (AvgIpc) is 2.33. The molecular formula is C12H23N3O. The van der Waals surface area contributed by atoms with E-state index in [1.165, 1.54) is 6.42 Å². The van der Waals surface area contributed by atoms with Gasteiger partial charge in [0.15, 0.2) is 0 Å². The molecule has 2 rings (SSSR count). The minimum atomic E-state index is 0.251. The predicted octanol–water partition coefficient (Wildman–Crippen LogP) is 1.13. The average molecular weight is 225 g/mol. The molecule has 2 atom stereocenters. The summed E-state index contributed by atoms with van der Waals surface area (Å²) in [6.45, 7) is 8.96. The summed E-state index contributed by atoms with van der Waals surface area (Å²) in [6.07, 6.45) is 2.41. The number of hydrogen-bond donors (Lipinski definition) is 1. The first-order chi connectivity index (χ1) is 7.70. The van der Waals surface area contributed by atoms with Gasteiger partial charge in [-0.15, -0.1) is 0 Å². The zero-order chi connectivity index (χ0) is 11.5. The van der Waals surface area contributed by atoms with Crippen LogP contribution in [0.2, 0.25) is 0 Å². The Bertz CT molecular complexity index is 251. The maximum atomic E-state index is 12.3. The predicted molar refractivity (Wildman–Crippen MR) is 64.4 cm³/mol. The summed E-state index contributed by atoms with van der Waals surface area (Å²) in [6, 6.07) is 0.650. The molecule has 0 aromatic heterocycles. The number of amides is 2. The van der Waals surface area contributed by atoms with Crippen LogP contribution in [0.5, 0.6) is 0 Å². The third-order valence-corrected chi connectivity index (χ3v) is 4.01. The van der Waals surface area contributed by atoms with E-state index in [1.807, 2.05) is 4.90 Å². The number of nitrogens with one attached hydrogen (secondary N) is 1. The van der Waals surface area contributed by atoms with E-state index in [-0.39, 0.29) is 6.03 Å². The molecule has 0 radical (unpaired) electrons. The van der Waals surface area contributed by atoms with Gasteiger partial charge in [0.05, 0.1) is 0 Å². The Morgan fingerprint density at radius 1 is 1.19 bits per heavy atom. The van der Waals surface area contributed by atoms with Crippen LogP contribution in [0.25, 0.3) is 0 Å². The molecule has 0 aromatic carbocycles. The van der Waals surface area contributed by atoms with Gasteiger partial charge in [-0.25, -0.2) is 4.79 Å². The van der Waals surface area contributed by atoms with Crippen LogP contribution >= 0.6 is 0 Å². The molecule has 0 spiro atoms. The Balaban J connectivity index is 1.96. The van der Waals surface area contributed by atoms with E-state index in [9.17, 15) is 4.79 Å². The molecule has 4 heteroatoms. The number of hydrogen-bond acceptors (Lipinski definition) is 2. The third kappa shape index (κ3) is 2.32. The van der Waals surface area contributed by atoms with Crippen LogP contribution < -0.4 is 5.32 Å². The lowest BCUT2D eigenvalue weighted by atomic mass is 9.92. The first-order valence-corrected chi connectivity index (χ1v) is 6.46. The maximum Gasteiger partial charge on any atom is 0.320 e. The molecule has 92 valence electrons. The van der Waals surface area contributed by atoms with Gasteiger partial charge in [-0.3, -0.25) is 0 Å². The van der Waals surface area contributed by atoms with Gasteiger partial charge >= 0.3 is 6.03 Å².